The lowest BCUT2D eigenvalue weighted by Crippen LogP contribution is -2.45. The molecule has 7 nitrogen and oxygen atoms in total. The summed E-state index contributed by atoms with van der Waals surface area (Å²) in [6.45, 7) is 3.23. The number of halogens is 3. The van der Waals surface area contributed by atoms with E-state index in [1.54, 1.807) is 12.1 Å². The molecule has 1 aromatic rings. The number of amides is 1. The zero-order chi connectivity index (χ0) is 20.5. The highest BCUT2D eigenvalue weighted by molar-refractivity contribution is 14.0. The van der Waals surface area contributed by atoms with Gasteiger partial charge in [0.15, 0.2) is 17.5 Å². The summed E-state index contributed by atoms with van der Waals surface area (Å²) in [6.07, 6.45) is 1.35. The predicted octanol–water partition coefficient (Wildman–Crippen LogP) is 2.98. The number of guanidine groups is 1. The van der Waals surface area contributed by atoms with Crippen LogP contribution in [0.2, 0.25) is 0 Å². The Kier molecular flexibility index (Phi) is 11.0. The standard InChI is InChI=1S/C19H28F2N4O3.HI/c1-4-17(26)25-9-8-14(12-25)24-19(22-5-2)23-11-13-6-7-15(27-3)16(10-13)28-18(20)21;/h6-7,10,14,18H,4-5,8-9,11-12H2,1-3H3,(H2,22,23,24);1H. The lowest BCUT2D eigenvalue weighted by molar-refractivity contribution is -0.129. The van der Waals surface area contributed by atoms with Crippen LogP contribution in [0.3, 0.4) is 0 Å². The van der Waals surface area contributed by atoms with Crippen LogP contribution in [-0.4, -0.2) is 56.2 Å². The van der Waals surface area contributed by atoms with Crippen LogP contribution >= 0.6 is 24.0 Å². The van der Waals surface area contributed by atoms with Crippen molar-refractivity contribution in [2.45, 2.75) is 45.9 Å². The van der Waals surface area contributed by atoms with E-state index in [0.717, 1.165) is 13.0 Å². The van der Waals surface area contributed by atoms with Gasteiger partial charge in [0.05, 0.1) is 13.7 Å². The van der Waals surface area contributed by atoms with E-state index in [1.165, 1.54) is 13.2 Å². The Labute approximate surface area is 187 Å². The number of carbonyl (C=O) groups excluding carboxylic acids is 1. The number of hydrogen-bond acceptors (Lipinski definition) is 4. The van der Waals surface area contributed by atoms with Gasteiger partial charge in [0.25, 0.3) is 0 Å². The Bertz CT molecular complexity index is 691. The molecule has 0 saturated carbocycles. The number of nitrogens with zero attached hydrogens (tertiary/aromatic N) is 2. The third-order valence-electron chi connectivity index (χ3n) is 4.39. The molecule has 1 aliphatic rings. The molecule has 1 fully saturated rings. The van der Waals surface area contributed by atoms with E-state index in [0.29, 0.717) is 31.0 Å². The molecule has 0 aliphatic carbocycles. The fourth-order valence-corrected chi connectivity index (χ4v) is 3.02. The lowest BCUT2D eigenvalue weighted by Gasteiger charge is -2.18. The molecule has 1 atom stereocenters. The SMILES string of the molecule is CCNC(=NCc1ccc(OC)c(OC(F)F)c1)NC1CCN(C(=O)CC)C1.I. The van der Waals surface area contributed by atoms with Gasteiger partial charge < -0.3 is 25.0 Å². The Balaban J connectivity index is 0.00000420. The second kappa shape index (κ2) is 12.7. The average Bonchev–Trinajstić information content (AvgIpc) is 3.14. The van der Waals surface area contributed by atoms with Crippen LogP contribution < -0.4 is 20.1 Å². The zero-order valence-corrected chi connectivity index (χ0v) is 19.2. The number of carbonyl (C=O) groups is 1. The van der Waals surface area contributed by atoms with Gasteiger partial charge in [-0.05, 0) is 31.0 Å². The smallest absolute Gasteiger partial charge is 0.387 e. The summed E-state index contributed by atoms with van der Waals surface area (Å²) in [5, 5.41) is 6.50. The van der Waals surface area contributed by atoms with Gasteiger partial charge in [-0.2, -0.15) is 8.78 Å². The molecule has 1 aliphatic heterocycles. The maximum Gasteiger partial charge on any atom is 0.387 e. The fraction of sp³-hybridized carbons (Fsp3) is 0.579. The number of rotatable bonds is 8. The quantitative estimate of drug-likeness (QED) is 0.310. The van der Waals surface area contributed by atoms with Crippen LogP contribution in [0.5, 0.6) is 11.5 Å². The fourth-order valence-electron chi connectivity index (χ4n) is 3.02. The molecule has 2 rings (SSSR count). The molecule has 1 amide bonds. The molecule has 10 heteroatoms. The third kappa shape index (κ3) is 7.82. The van der Waals surface area contributed by atoms with Crippen molar-refractivity contribution in [1.29, 1.82) is 0 Å². The number of likely N-dealkylation sites (tertiary alicyclic amines) is 1. The van der Waals surface area contributed by atoms with Crippen molar-refractivity contribution in [2.75, 3.05) is 26.7 Å². The van der Waals surface area contributed by atoms with Crippen LogP contribution in [0.1, 0.15) is 32.3 Å². The van der Waals surface area contributed by atoms with E-state index in [9.17, 15) is 13.6 Å². The van der Waals surface area contributed by atoms with E-state index < -0.39 is 6.61 Å². The molecule has 0 radical (unpaired) electrons. The Morgan fingerprint density at radius 3 is 2.72 bits per heavy atom. The van der Waals surface area contributed by atoms with Crippen LogP contribution in [0.4, 0.5) is 8.78 Å². The molecular formula is C19H29F2IN4O3. The van der Waals surface area contributed by atoms with Gasteiger partial charge in [-0.3, -0.25) is 4.79 Å². The first-order valence-electron chi connectivity index (χ1n) is 9.41. The third-order valence-corrected chi connectivity index (χ3v) is 4.39. The molecule has 29 heavy (non-hydrogen) atoms. The van der Waals surface area contributed by atoms with Crippen molar-refractivity contribution < 1.29 is 23.0 Å². The Morgan fingerprint density at radius 1 is 1.34 bits per heavy atom. The zero-order valence-electron chi connectivity index (χ0n) is 16.9. The first kappa shape index (κ1) is 25.2. The topological polar surface area (TPSA) is 75.2 Å². The number of nitrogens with one attached hydrogen (secondary N) is 2. The number of alkyl halides is 2. The number of aliphatic imine (C=N–C) groups is 1. The van der Waals surface area contributed by atoms with Gasteiger partial charge in [-0.25, -0.2) is 4.99 Å². The molecule has 1 heterocycles. The Hall–Kier alpha value is -1.85. The maximum absolute atomic E-state index is 12.6. The summed E-state index contributed by atoms with van der Waals surface area (Å²) in [5.41, 5.74) is 0.711. The van der Waals surface area contributed by atoms with E-state index in [4.69, 9.17) is 4.74 Å². The minimum atomic E-state index is -2.93. The van der Waals surface area contributed by atoms with E-state index in [1.807, 2.05) is 18.7 Å². The van der Waals surface area contributed by atoms with Crippen LogP contribution in [0.25, 0.3) is 0 Å². The van der Waals surface area contributed by atoms with Crippen molar-refractivity contribution >= 4 is 35.8 Å². The predicted molar refractivity (Wildman–Crippen MR) is 118 cm³/mol. The van der Waals surface area contributed by atoms with Gasteiger partial charge in [0, 0.05) is 32.1 Å². The molecule has 164 valence electrons. The first-order chi connectivity index (χ1) is 13.5. The van der Waals surface area contributed by atoms with E-state index in [2.05, 4.69) is 20.4 Å². The second-order valence-corrected chi connectivity index (χ2v) is 6.38. The van der Waals surface area contributed by atoms with Crippen molar-refractivity contribution in [3.63, 3.8) is 0 Å². The lowest BCUT2D eigenvalue weighted by atomic mass is 10.2. The minimum absolute atomic E-state index is 0. The highest BCUT2D eigenvalue weighted by atomic mass is 127. The largest absolute Gasteiger partial charge is 0.493 e. The molecule has 0 aromatic heterocycles. The van der Waals surface area contributed by atoms with Gasteiger partial charge in [0.1, 0.15) is 0 Å². The van der Waals surface area contributed by atoms with Crippen LogP contribution in [0, 0.1) is 0 Å². The molecule has 0 spiro atoms. The summed E-state index contributed by atoms with van der Waals surface area (Å²) < 4.78 is 34.7. The van der Waals surface area contributed by atoms with Gasteiger partial charge in [-0.1, -0.05) is 13.0 Å². The van der Waals surface area contributed by atoms with E-state index >= 15 is 0 Å². The van der Waals surface area contributed by atoms with Gasteiger partial charge >= 0.3 is 6.61 Å². The molecular weight excluding hydrogens is 497 g/mol. The van der Waals surface area contributed by atoms with Crippen molar-refractivity contribution in [2.24, 2.45) is 4.99 Å². The maximum atomic E-state index is 12.6. The molecule has 1 aromatic carbocycles. The normalized spacial score (nSPS) is 16.4. The summed E-state index contributed by atoms with van der Waals surface area (Å²) >= 11 is 0. The number of hydrogen-bond donors (Lipinski definition) is 2. The molecule has 1 saturated heterocycles. The summed E-state index contributed by atoms with van der Waals surface area (Å²) in [5.74, 6) is 0.985. The van der Waals surface area contributed by atoms with Gasteiger partial charge in [-0.15, -0.1) is 24.0 Å². The number of ether oxygens (including phenoxy) is 2. The van der Waals surface area contributed by atoms with Crippen LogP contribution in [-0.2, 0) is 11.3 Å². The first-order valence-corrected chi connectivity index (χ1v) is 9.41. The Morgan fingerprint density at radius 2 is 2.10 bits per heavy atom. The highest BCUT2D eigenvalue weighted by Crippen LogP contribution is 2.29. The monoisotopic (exact) mass is 526 g/mol. The van der Waals surface area contributed by atoms with Crippen molar-refractivity contribution in [1.82, 2.24) is 15.5 Å². The van der Waals surface area contributed by atoms with Crippen molar-refractivity contribution in [3.8, 4) is 11.5 Å². The van der Waals surface area contributed by atoms with Crippen LogP contribution in [0.15, 0.2) is 23.2 Å². The van der Waals surface area contributed by atoms with Gasteiger partial charge in [0.2, 0.25) is 5.91 Å². The van der Waals surface area contributed by atoms with E-state index in [-0.39, 0.29) is 54.0 Å². The average molecular weight is 526 g/mol. The summed E-state index contributed by atoms with van der Waals surface area (Å²) in [7, 11) is 1.40. The number of benzene rings is 1. The molecule has 1 unspecified atom stereocenters. The summed E-state index contributed by atoms with van der Waals surface area (Å²) in [4.78, 5) is 18.2. The summed E-state index contributed by atoms with van der Waals surface area (Å²) in [6, 6.07) is 4.95. The minimum Gasteiger partial charge on any atom is -0.493 e. The second-order valence-electron chi connectivity index (χ2n) is 6.38. The van der Waals surface area contributed by atoms with Crippen molar-refractivity contribution in [3.05, 3.63) is 23.8 Å². The number of methoxy groups -OCH3 is 1. The molecule has 0 bridgehead atoms. The highest BCUT2D eigenvalue weighted by Gasteiger charge is 2.25. The molecule has 2 N–H and O–H groups in total.